The van der Waals surface area contributed by atoms with Gasteiger partial charge < -0.3 is 14.8 Å². The highest BCUT2D eigenvalue weighted by Gasteiger charge is 2.19. The van der Waals surface area contributed by atoms with Gasteiger partial charge in [0.2, 0.25) is 0 Å². The molecule has 26 heavy (non-hydrogen) atoms. The first-order valence-electron chi connectivity index (χ1n) is 8.63. The second-order valence-electron chi connectivity index (χ2n) is 6.32. The molecule has 1 saturated carbocycles. The first-order chi connectivity index (χ1) is 12.6. The normalized spacial score (nSPS) is 14.3. The van der Waals surface area contributed by atoms with E-state index in [1.54, 1.807) is 13.2 Å². The van der Waals surface area contributed by atoms with Gasteiger partial charge in [-0.1, -0.05) is 6.07 Å². The Kier molecular flexibility index (Phi) is 5.71. The third-order valence-corrected chi connectivity index (χ3v) is 4.45. The summed E-state index contributed by atoms with van der Waals surface area (Å²) in [5.41, 5.74) is 0.594. The van der Waals surface area contributed by atoms with E-state index in [4.69, 9.17) is 9.47 Å². The van der Waals surface area contributed by atoms with Crippen molar-refractivity contribution in [2.75, 3.05) is 7.11 Å². The van der Waals surface area contributed by atoms with Gasteiger partial charge in [0.05, 0.1) is 18.8 Å². The summed E-state index contributed by atoms with van der Waals surface area (Å²) in [4.78, 5) is 12.1. The van der Waals surface area contributed by atoms with Crippen LogP contribution in [-0.4, -0.2) is 19.1 Å². The van der Waals surface area contributed by atoms with Gasteiger partial charge in [-0.15, -0.1) is 0 Å². The van der Waals surface area contributed by atoms with Crippen molar-refractivity contribution in [2.24, 2.45) is 0 Å². The molecule has 0 atom stereocenters. The van der Waals surface area contributed by atoms with E-state index in [0.29, 0.717) is 17.6 Å². The van der Waals surface area contributed by atoms with E-state index >= 15 is 0 Å². The fourth-order valence-electron chi connectivity index (χ4n) is 3.06. The molecule has 1 aliphatic rings. The van der Waals surface area contributed by atoms with Crippen LogP contribution in [0.25, 0.3) is 0 Å². The molecular weight excluding hydrogens is 340 g/mol. The minimum Gasteiger partial charge on any atom is -0.493 e. The molecule has 0 radical (unpaired) electrons. The van der Waals surface area contributed by atoms with Crippen LogP contribution in [0, 0.1) is 11.6 Å². The predicted octanol–water partition coefficient (Wildman–Crippen LogP) is 4.22. The summed E-state index contributed by atoms with van der Waals surface area (Å²) in [6.45, 7) is 0.190. The highest BCUT2D eigenvalue weighted by atomic mass is 19.1. The molecule has 0 spiro atoms. The number of benzene rings is 2. The maximum atomic E-state index is 13.7. The van der Waals surface area contributed by atoms with E-state index in [1.807, 2.05) is 12.1 Å². The SMILES string of the molecule is COc1cc(CNC(=O)c2ccc(F)cc2F)ccc1OC1CCCC1. The number of amides is 1. The quantitative estimate of drug-likeness (QED) is 0.838. The second-order valence-corrected chi connectivity index (χ2v) is 6.32. The molecule has 1 N–H and O–H groups in total. The Bertz CT molecular complexity index is 789. The van der Waals surface area contributed by atoms with Crippen molar-refractivity contribution >= 4 is 5.91 Å². The minimum absolute atomic E-state index is 0.190. The Hall–Kier alpha value is -2.63. The number of rotatable bonds is 6. The molecule has 3 rings (SSSR count). The van der Waals surface area contributed by atoms with Gasteiger partial charge in [-0.25, -0.2) is 8.78 Å². The van der Waals surface area contributed by atoms with E-state index in [0.717, 1.165) is 30.5 Å². The van der Waals surface area contributed by atoms with E-state index < -0.39 is 17.5 Å². The molecular formula is C20H21F2NO3. The lowest BCUT2D eigenvalue weighted by Crippen LogP contribution is -2.24. The van der Waals surface area contributed by atoms with Crippen molar-refractivity contribution in [3.63, 3.8) is 0 Å². The van der Waals surface area contributed by atoms with Crippen molar-refractivity contribution in [3.05, 3.63) is 59.2 Å². The van der Waals surface area contributed by atoms with E-state index in [2.05, 4.69) is 5.32 Å². The van der Waals surface area contributed by atoms with E-state index in [1.165, 1.54) is 12.8 Å². The topological polar surface area (TPSA) is 47.6 Å². The van der Waals surface area contributed by atoms with Crippen molar-refractivity contribution in [1.29, 1.82) is 0 Å². The Balaban J connectivity index is 1.64. The van der Waals surface area contributed by atoms with E-state index in [9.17, 15) is 13.6 Å². The lowest BCUT2D eigenvalue weighted by atomic mass is 10.1. The number of halogens is 2. The summed E-state index contributed by atoms with van der Waals surface area (Å²) in [5, 5.41) is 2.62. The summed E-state index contributed by atoms with van der Waals surface area (Å²) >= 11 is 0. The fraction of sp³-hybridized carbons (Fsp3) is 0.350. The first kappa shape index (κ1) is 18.2. The smallest absolute Gasteiger partial charge is 0.254 e. The number of carbonyl (C=O) groups is 1. The summed E-state index contributed by atoms with van der Waals surface area (Å²) in [6, 6.07) is 8.29. The molecule has 1 amide bonds. The Morgan fingerprint density at radius 1 is 1.12 bits per heavy atom. The maximum absolute atomic E-state index is 13.7. The van der Waals surface area contributed by atoms with Gasteiger partial charge in [-0.2, -0.15) is 0 Å². The molecule has 4 nitrogen and oxygen atoms in total. The zero-order valence-electron chi connectivity index (χ0n) is 14.6. The molecule has 0 heterocycles. The minimum atomic E-state index is -0.889. The van der Waals surface area contributed by atoms with Crippen molar-refractivity contribution in [3.8, 4) is 11.5 Å². The molecule has 2 aromatic carbocycles. The van der Waals surface area contributed by atoms with Crippen LogP contribution in [0.1, 0.15) is 41.6 Å². The Morgan fingerprint density at radius 2 is 1.88 bits per heavy atom. The number of carbonyl (C=O) groups excluding carboxylic acids is 1. The molecule has 2 aromatic rings. The number of nitrogens with one attached hydrogen (secondary N) is 1. The largest absolute Gasteiger partial charge is 0.493 e. The molecule has 0 unspecified atom stereocenters. The zero-order chi connectivity index (χ0) is 18.5. The highest BCUT2D eigenvalue weighted by Crippen LogP contribution is 2.32. The van der Waals surface area contributed by atoms with Crippen LogP contribution < -0.4 is 14.8 Å². The Labute approximate surface area is 151 Å². The molecule has 1 fully saturated rings. The number of ether oxygens (including phenoxy) is 2. The monoisotopic (exact) mass is 361 g/mol. The summed E-state index contributed by atoms with van der Waals surface area (Å²) in [6.07, 6.45) is 4.67. The van der Waals surface area contributed by atoms with Crippen LogP contribution in [0.3, 0.4) is 0 Å². The summed E-state index contributed by atoms with van der Waals surface area (Å²) in [5.74, 6) is -0.939. The van der Waals surface area contributed by atoms with Gasteiger partial charge in [-0.05, 0) is 55.5 Å². The van der Waals surface area contributed by atoms with E-state index in [-0.39, 0.29) is 18.2 Å². The molecule has 0 aliphatic heterocycles. The average molecular weight is 361 g/mol. The average Bonchev–Trinajstić information content (AvgIpc) is 3.13. The summed E-state index contributed by atoms with van der Waals surface area (Å²) in [7, 11) is 1.56. The molecule has 138 valence electrons. The number of hydrogen-bond donors (Lipinski definition) is 1. The van der Waals surface area contributed by atoms with Gasteiger partial charge >= 0.3 is 0 Å². The number of methoxy groups -OCH3 is 1. The van der Waals surface area contributed by atoms with Crippen LogP contribution in [-0.2, 0) is 6.54 Å². The zero-order valence-corrected chi connectivity index (χ0v) is 14.6. The third-order valence-electron chi connectivity index (χ3n) is 4.45. The van der Waals surface area contributed by atoms with Crippen LogP contribution >= 0.6 is 0 Å². The lowest BCUT2D eigenvalue weighted by Gasteiger charge is -2.16. The van der Waals surface area contributed by atoms with Gasteiger partial charge in [0.15, 0.2) is 11.5 Å². The number of hydrogen-bond acceptors (Lipinski definition) is 3. The van der Waals surface area contributed by atoms with Crippen LogP contribution in [0.15, 0.2) is 36.4 Å². The van der Waals surface area contributed by atoms with Crippen molar-refractivity contribution < 1.29 is 23.0 Å². The Morgan fingerprint density at radius 3 is 2.58 bits per heavy atom. The van der Waals surface area contributed by atoms with Gasteiger partial charge in [0.1, 0.15) is 11.6 Å². The van der Waals surface area contributed by atoms with Crippen molar-refractivity contribution in [1.82, 2.24) is 5.32 Å². The standard InChI is InChI=1S/C20H21F2NO3/c1-25-19-10-13(6-9-18(19)26-15-4-2-3-5-15)12-23-20(24)16-8-7-14(21)11-17(16)22/h6-11,15H,2-5,12H2,1H3,(H,23,24). The van der Waals surface area contributed by atoms with Gasteiger partial charge in [0, 0.05) is 12.6 Å². The first-order valence-corrected chi connectivity index (χ1v) is 8.63. The molecule has 6 heteroatoms. The molecule has 0 bridgehead atoms. The lowest BCUT2D eigenvalue weighted by molar-refractivity contribution is 0.0946. The van der Waals surface area contributed by atoms with Crippen LogP contribution in [0.5, 0.6) is 11.5 Å². The summed E-state index contributed by atoms with van der Waals surface area (Å²) < 4.78 is 37.9. The van der Waals surface area contributed by atoms with Crippen LogP contribution in [0.4, 0.5) is 8.78 Å². The molecule has 0 aromatic heterocycles. The van der Waals surface area contributed by atoms with Gasteiger partial charge in [0.25, 0.3) is 5.91 Å². The maximum Gasteiger partial charge on any atom is 0.254 e. The highest BCUT2D eigenvalue weighted by molar-refractivity contribution is 5.94. The van der Waals surface area contributed by atoms with Crippen LogP contribution in [0.2, 0.25) is 0 Å². The third kappa shape index (κ3) is 4.31. The second kappa shape index (κ2) is 8.17. The molecule has 1 aliphatic carbocycles. The predicted molar refractivity (Wildman–Crippen MR) is 93.4 cm³/mol. The fourth-order valence-corrected chi connectivity index (χ4v) is 3.06. The van der Waals surface area contributed by atoms with Gasteiger partial charge in [-0.3, -0.25) is 4.79 Å². The molecule has 0 saturated heterocycles. The van der Waals surface area contributed by atoms with Crippen molar-refractivity contribution in [2.45, 2.75) is 38.3 Å².